The second kappa shape index (κ2) is 5.49. The Labute approximate surface area is 114 Å². The maximum absolute atomic E-state index is 13.5. The van der Waals surface area contributed by atoms with Crippen molar-refractivity contribution in [2.45, 2.75) is 26.8 Å². The molecule has 0 aliphatic carbocycles. The first-order chi connectivity index (χ1) is 9.04. The number of benzene rings is 1. The van der Waals surface area contributed by atoms with E-state index < -0.39 is 45.3 Å². The molecule has 0 bridgehead atoms. The second-order valence-electron chi connectivity index (χ2n) is 5.37. The summed E-state index contributed by atoms with van der Waals surface area (Å²) in [6, 6.07) is 0.0138. The highest BCUT2D eigenvalue weighted by Gasteiger charge is 2.29. The van der Waals surface area contributed by atoms with Gasteiger partial charge >= 0.3 is 5.69 Å². The number of hydrogen-bond donors (Lipinski definition) is 2. The van der Waals surface area contributed by atoms with Crippen LogP contribution in [0.15, 0.2) is 12.1 Å². The number of carbonyl (C=O) groups is 1. The molecule has 0 radical (unpaired) electrons. The van der Waals surface area contributed by atoms with Crippen LogP contribution in [0.1, 0.15) is 20.8 Å². The van der Waals surface area contributed by atoms with E-state index in [2.05, 4.69) is 5.32 Å². The van der Waals surface area contributed by atoms with Crippen LogP contribution in [-0.4, -0.2) is 16.9 Å². The summed E-state index contributed by atoms with van der Waals surface area (Å²) in [5.41, 5.74) is 3.69. The molecule has 1 rings (SSSR count). The number of nitrogens with one attached hydrogen (secondary N) is 1. The zero-order chi connectivity index (χ0) is 15.7. The minimum atomic E-state index is -1.31. The van der Waals surface area contributed by atoms with Crippen molar-refractivity contribution < 1.29 is 18.5 Å². The van der Waals surface area contributed by atoms with Crippen molar-refractivity contribution in [2.24, 2.45) is 11.1 Å². The Morgan fingerprint density at radius 3 is 2.35 bits per heavy atom. The largest absolute Gasteiger partial charge is 0.322 e. The minimum absolute atomic E-state index is 0.344. The van der Waals surface area contributed by atoms with E-state index in [1.165, 1.54) is 0 Å². The number of carbonyl (C=O) groups excluding carboxylic acids is 1. The quantitative estimate of drug-likeness (QED) is 0.657. The fourth-order valence-electron chi connectivity index (χ4n) is 1.38. The summed E-state index contributed by atoms with van der Waals surface area (Å²) in [6.45, 7) is 5.13. The van der Waals surface area contributed by atoms with Gasteiger partial charge in [0.05, 0.1) is 16.7 Å². The Morgan fingerprint density at radius 1 is 1.35 bits per heavy atom. The molecule has 1 aromatic carbocycles. The Hall–Kier alpha value is -2.09. The van der Waals surface area contributed by atoms with Gasteiger partial charge in [-0.1, -0.05) is 20.8 Å². The summed E-state index contributed by atoms with van der Waals surface area (Å²) in [5.74, 6) is -3.13. The highest BCUT2D eigenvalue weighted by atomic mass is 19.1. The molecule has 0 aromatic heterocycles. The molecule has 0 saturated heterocycles. The van der Waals surface area contributed by atoms with E-state index in [-0.39, 0.29) is 0 Å². The van der Waals surface area contributed by atoms with Gasteiger partial charge in [0.2, 0.25) is 11.7 Å². The molecule has 0 unspecified atom stereocenters. The monoisotopic (exact) mass is 287 g/mol. The van der Waals surface area contributed by atoms with Crippen molar-refractivity contribution in [1.29, 1.82) is 0 Å². The second-order valence-corrected chi connectivity index (χ2v) is 5.37. The normalized spacial score (nSPS) is 12.9. The molecule has 6 nitrogen and oxygen atoms in total. The smallest absolute Gasteiger partial charge is 0.307 e. The molecule has 0 aliphatic heterocycles. The Bertz CT molecular complexity index is 556. The van der Waals surface area contributed by atoms with Crippen LogP contribution in [0.3, 0.4) is 0 Å². The molecule has 1 atom stereocenters. The van der Waals surface area contributed by atoms with Gasteiger partial charge in [-0.15, -0.1) is 0 Å². The van der Waals surface area contributed by atoms with E-state index in [1.807, 2.05) is 0 Å². The lowest BCUT2D eigenvalue weighted by molar-refractivity contribution is -0.387. The van der Waals surface area contributed by atoms with Gasteiger partial charge in [0.25, 0.3) is 0 Å². The average Bonchev–Trinajstić information content (AvgIpc) is 2.29. The van der Waals surface area contributed by atoms with Gasteiger partial charge in [-0.2, -0.15) is 4.39 Å². The van der Waals surface area contributed by atoms with Crippen molar-refractivity contribution in [3.8, 4) is 0 Å². The third-order valence-corrected chi connectivity index (χ3v) is 2.71. The standard InChI is InChI=1S/C12H15F2N3O3/c1-12(2,3)10(15)11(18)16-8-5-9(17(19)20)7(14)4-6(8)13/h4-5,10H,15H2,1-3H3,(H,16,18)/t10-/m0/s1. The van der Waals surface area contributed by atoms with Crippen LogP contribution in [0, 0.1) is 27.2 Å². The molecule has 1 aromatic rings. The van der Waals surface area contributed by atoms with Gasteiger partial charge in [0.1, 0.15) is 5.82 Å². The van der Waals surface area contributed by atoms with E-state index >= 15 is 0 Å². The van der Waals surface area contributed by atoms with Gasteiger partial charge in [0, 0.05) is 12.1 Å². The number of nitro groups is 1. The van der Waals surface area contributed by atoms with E-state index in [1.54, 1.807) is 20.8 Å². The predicted molar refractivity (Wildman–Crippen MR) is 69.1 cm³/mol. The maximum Gasteiger partial charge on any atom is 0.307 e. The molecule has 20 heavy (non-hydrogen) atoms. The number of amides is 1. The topological polar surface area (TPSA) is 98.3 Å². The molecular weight excluding hydrogens is 272 g/mol. The summed E-state index contributed by atoms with van der Waals surface area (Å²) in [7, 11) is 0. The lowest BCUT2D eigenvalue weighted by atomic mass is 9.87. The van der Waals surface area contributed by atoms with Crippen molar-refractivity contribution >= 4 is 17.3 Å². The van der Waals surface area contributed by atoms with Crippen LogP contribution >= 0.6 is 0 Å². The average molecular weight is 287 g/mol. The van der Waals surface area contributed by atoms with Crippen LogP contribution in [0.2, 0.25) is 0 Å². The van der Waals surface area contributed by atoms with Crippen molar-refractivity contribution in [1.82, 2.24) is 0 Å². The van der Waals surface area contributed by atoms with Crippen LogP contribution in [0.4, 0.5) is 20.2 Å². The number of nitro benzene ring substituents is 1. The lowest BCUT2D eigenvalue weighted by Gasteiger charge is -2.25. The summed E-state index contributed by atoms with van der Waals surface area (Å²) in [4.78, 5) is 21.4. The summed E-state index contributed by atoms with van der Waals surface area (Å²) >= 11 is 0. The number of anilines is 1. The van der Waals surface area contributed by atoms with Gasteiger partial charge in [-0.25, -0.2) is 4.39 Å². The highest BCUT2D eigenvalue weighted by Crippen LogP contribution is 2.26. The molecule has 3 N–H and O–H groups in total. The number of nitrogens with two attached hydrogens (primary N) is 1. The van der Waals surface area contributed by atoms with Crippen LogP contribution in [0.25, 0.3) is 0 Å². The molecular formula is C12H15F2N3O3. The van der Waals surface area contributed by atoms with Gasteiger partial charge in [-0.05, 0) is 5.41 Å². The fourth-order valence-corrected chi connectivity index (χ4v) is 1.38. The zero-order valence-electron chi connectivity index (χ0n) is 11.2. The molecule has 0 heterocycles. The maximum atomic E-state index is 13.5. The third kappa shape index (κ3) is 3.47. The summed E-state index contributed by atoms with van der Waals surface area (Å²) < 4.78 is 26.6. The Balaban J connectivity index is 3.07. The molecule has 0 fully saturated rings. The van der Waals surface area contributed by atoms with Gasteiger partial charge in [0.15, 0.2) is 0 Å². The number of hydrogen-bond acceptors (Lipinski definition) is 4. The van der Waals surface area contributed by atoms with E-state index in [4.69, 9.17) is 5.73 Å². The molecule has 0 aliphatic rings. The first kappa shape index (κ1) is 16.0. The number of nitrogens with zero attached hydrogens (tertiary/aromatic N) is 1. The molecule has 0 spiro atoms. The predicted octanol–water partition coefficient (Wildman–Crippen LogP) is 2.18. The molecule has 0 saturated carbocycles. The minimum Gasteiger partial charge on any atom is -0.322 e. The number of rotatable bonds is 3. The van der Waals surface area contributed by atoms with Crippen LogP contribution in [0.5, 0.6) is 0 Å². The zero-order valence-corrected chi connectivity index (χ0v) is 11.2. The summed E-state index contributed by atoms with van der Waals surface area (Å²) in [5, 5.41) is 12.7. The molecule has 1 amide bonds. The van der Waals surface area contributed by atoms with Crippen molar-refractivity contribution in [2.75, 3.05) is 5.32 Å². The lowest BCUT2D eigenvalue weighted by Crippen LogP contribution is -2.45. The van der Waals surface area contributed by atoms with E-state index in [0.717, 1.165) is 0 Å². The fraction of sp³-hybridized carbons (Fsp3) is 0.417. The van der Waals surface area contributed by atoms with Crippen LogP contribution < -0.4 is 11.1 Å². The third-order valence-electron chi connectivity index (χ3n) is 2.71. The summed E-state index contributed by atoms with van der Waals surface area (Å²) in [6.07, 6.45) is 0. The first-order valence-corrected chi connectivity index (χ1v) is 5.74. The van der Waals surface area contributed by atoms with Gasteiger partial charge < -0.3 is 11.1 Å². The number of halogens is 2. The van der Waals surface area contributed by atoms with E-state index in [0.29, 0.717) is 12.1 Å². The van der Waals surface area contributed by atoms with E-state index in [9.17, 15) is 23.7 Å². The van der Waals surface area contributed by atoms with Crippen LogP contribution in [-0.2, 0) is 4.79 Å². The Morgan fingerprint density at radius 2 is 1.90 bits per heavy atom. The van der Waals surface area contributed by atoms with Crippen molar-refractivity contribution in [3.05, 3.63) is 33.9 Å². The van der Waals surface area contributed by atoms with Gasteiger partial charge in [-0.3, -0.25) is 14.9 Å². The van der Waals surface area contributed by atoms with Crippen molar-refractivity contribution in [3.63, 3.8) is 0 Å². The first-order valence-electron chi connectivity index (χ1n) is 5.74. The molecule has 8 heteroatoms. The SMILES string of the molecule is CC(C)(C)[C@@H](N)C(=O)Nc1cc([N+](=O)[O-])c(F)cc1F. The molecule has 110 valence electrons. The Kier molecular flexibility index (Phi) is 4.39. The highest BCUT2D eigenvalue weighted by molar-refractivity contribution is 5.95.